The highest BCUT2D eigenvalue weighted by atomic mass is 32.1. The third-order valence-electron chi connectivity index (χ3n) is 2.14. The van der Waals surface area contributed by atoms with E-state index < -0.39 is 0 Å². The van der Waals surface area contributed by atoms with Gasteiger partial charge in [-0.3, -0.25) is 4.99 Å². The molecule has 0 amide bonds. The molecule has 0 unspecified atom stereocenters. The standard InChI is InChI=1S/C11H19N3S/c1-4-13-11(12)14(9(2)3)8-10-6-5-7-15-10/h5-7,9H,4,8H2,1-3H3,(H2,12,13). The summed E-state index contributed by atoms with van der Waals surface area (Å²) in [5, 5.41) is 2.08. The Morgan fingerprint density at radius 2 is 2.33 bits per heavy atom. The number of aliphatic imine (C=N–C) groups is 1. The van der Waals surface area contributed by atoms with Crippen LogP contribution in [0.2, 0.25) is 0 Å². The van der Waals surface area contributed by atoms with Crippen molar-refractivity contribution in [1.82, 2.24) is 4.90 Å². The van der Waals surface area contributed by atoms with Gasteiger partial charge in [-0.25, -0.2) is 0 Å². The summed E-state index contributed by atoms with van der Waals surface area (Å²) in [4.78, 5) is 7.69. The maximum atomic E-state index is 5.93. The highest BCUT2D eigenvalue weighted by Gasteiger charge is 2.12. The molecule has 0 bridgehead atoms. The molecular formula is C11H19N3S. The third kappa shape index (κ3) is 3.55. The molecule has 0 atom stereocenters. The molecule has 0 aliphatic heterocycles. The Labute approximate surface area is 95.6 Å². The molecule has 0 fully saturated rings. The number of rotatable bonds is 4. The van der Waals surface area contributed by atoms with Gasteiger partial charge in [0.15, 0.2) is 5.96 Å². The molecule has 0 aliphatic carbocycles. The SMILES string of the molecule is CCN=C(N)N(Cc1cccs1)C(C)C. The predicted octanol–water partition coefficient (Wildman–Crippen LogP) is 2.29. The molecule has 0 radical (unpaired) electrons. The minimum atomic E-state index is 0.377. The summed E-state index contributed by atoms with van der Waals surface area (Å²) in [6, 6.07) is 4.56. The molecule has 1 aromatic rings. The maximum absolute atomic E-state index is 5.93. The summed E-state index contributed by atoms with van der Waals surface area (Å²) >= 11 is 1.75. The van der Waals surface area contributed by atoms with Crippen molar-refractivity contribution < 1.29 is 0 Å². The Bertz CT molecular complexity index is 304. The molecule has 1 heterocycles. The van der Waals surface area contributed by atoms with Crippen LogP contribution in [0.4, 0.5) is 0 Å². The molecule has 3 nitrogen and oxygen atoms in total. The van der Waals surface area contributed by atoms with Crippen molar-refractivity contribution in [2.45, 2.75) is 33.4 Å². The van der Waals surface area contributed by atoms with Crippen LogP contribution in [0.15, 0.2) is 22.5 Å². The van der Waals surface area contributed by atoms with Crippen LogP contribution in [-0.4, -0.2) is 23.4 Å². The number of nitrogens with zero attached hydrogens (tertiary/aromatic N) is 2. The van der Waals surface area contributed by atoms with E-state index in [1.165, 1.54) is 4.88 Å². The van der Waals surface area contributed by atoms with Crippen molar-refractivity contribution in [2.75, 3.05) is 6.54 Å². The molecule has 0 spiro atoms. The minimum Gasteiger partial charge on any atom is -0.370 e. The molecule has 0 saturated heterocycles. The molecular weight excluding hydrogens is 206 g/mol. The van der Waals surface area contributed by atoms with Crippen molar-refractivity contribution in [3.63, 3.8) is 0 Å². The van der Waals surface area contributed by atoms with Crippen LogP contribution in [0.25, 0.3) is 0 Å². The predicted molar refractivity (Wildman–Crippen MR) is 67.2 cm³/mol. The van der Waals surface area contributed by atoms with Gasteiger partial charge in [0.2, 0.25) is 0 Å². The molecule has 2 N–H and O–H groups in total. The summed E-state index contributed by atoms with van der Waals surface area (Å²) in [5.74, 6) is 0.640. The lowest BCUT2D eigenvalue weighted by Gasteiger charge is -2.27. The molecule has 15 heavy (non-hydrogen) atoms. The summed E-state index contributed by atoms with van der Waals surface area (Å²) < 4.78 is 0. The summed E-state index contributed by atoms with van der Waals surface area (Å²) in [6.45, 7) is 7.85. The largest absolute Gasteiger partial charge is 0.370 e. The number of thiophene rings is 1. The fourth-order valence-corrected chi connectivity index (χ4v) is 2.05. The first kappa shape index (κ1) is 12.0. The second-order valence-corrected chi connectivity index (χ2v) is 4.67. The lowest BCUT2D eigenvalue weighted by Crippen LogP contribution is -2.41. The lowest BCUT2D eigenvalue weighted by atomic mass is 10.3. The van der Waals surface area contributed by atoms with Crippen molar-refractivity contribution in [3.05, 3.63) is 22.4 Å². The molecule has 0 aliphatic rings. The monoisotopic (exact) mass is 225 g/mol. The smallest absolute Gasteiger partial charge is 0.191 e. The highest BCUT2D eigenvalue weighted by molar-refractivity contribution is 7.09. The molecule has 1 aromatic heterocycles. The number of guanidine groups is 1. The fraction of sp³-hybridized carbons (Fsp3) is 0.545. The van der Waals surface area contributed by atoms with E-state index in [1.54, 1.807) is 11.3 Å². The van der Waals surface area contributed by atoms with Crippen molar-refractivity contribution in [3.8, 4) is 0 Å². The van der Waals surface area contributed by atoms with Gasteiger partial charge in [0, 0.05) is 17.5 Å². The highest BCUT2D eigenvalue weighted by Crippen LogP contribution is 2.13. The van der Waals surface area contributed by atoms with E-state index in [0.29, 0.717) is 12.0 Å². The zero-order valence-corrected chi connectivity index (χ0v) is 10.4. The Morgan fingerprint density at radius 3 is 2.80 bits per heavy atom. The number of nitrogens with two attached hydrogens (primary N) is 1. The van der Waals surface area contributed by atoms with Crippen LogP contribution in [0.5, 0.6) is 0 Å². The van der Waals surface area contributed by atoms with Crippen LogP contribution >= 0.6 is 11.3 Å². The van der Waals surface area contributed by atoms with Gasteiger partial charge in [-0.2, -0.15) is 0 Å². The topological polar surface area (TPSA) is 41.6 Å². The van der Waals surface area contributed by atoms with Crippen LogP contribution in [0, 0.1) is 0 Å². The van der Waals surface area contributed by atoms with E-state index in [9.17, 15) is 0 Å². The summed E-state index contributed by atoms with van der Waals surface area (Å²) in [6.07, 6.45) is 0. The second kappa shape index (κ2) is 5.75. The van der Waals surface area contributed by atoms with Gasteiger partial charge in [0.25, 0.3) is 0 Å². The first-order valence-corrected chi connectivity index (χ1v) is 6.12. The van der Waals surface area contributed by atoms with Crippen molar-refractivity contribution >= 4 is 17.3 Å². The average molecular weight is 225 g/mol. The first-order chi connectivity index (χ1) is 7.15. The van der Waals surface area contributed by atoms with E-state index in [0.717, 1.165) is 13.1 Å². The van der Waals surface area contributed by atoms with Crippen molar-refractivity contribution in [2.24, 2.45) is 10.7 Å². The minimum absolute atomic E-state index is 0.377. The summed E-state index contributed by atoms with van der Waals surface area (Å²) in [5.41, 5.74) is 5.93. The second-order valence-electron chi connectivity index (χ2n) is 3.63. The normalized spacial score (nSPS) is 12.1. The fourth-order valence-electron chi connectivity index (χ4n) is 1.35. The number of hydrogen-bond donors (Lipinski definition) is 1. The zero-order chi connectivity index (χ0) is 11.3. The molecule has 1 rings (SSSR count). The Morgan fingerprint density at radius 1 is 1.60 bits per heavy atom. The summed E-state index contributed by atoms with van der Waals surface area (Å²) in [7, 11) is 0. The van der Waals surface area contributed by atoms with Crippen molar-refractivity contribution in [1.29, 1.82) is 0 Å². The van der Waals surface area contributed by atoms with Crippen LogP contribution in [0.1, 0.15) is 25.6 Å². The van der Waals surface area contributed by atoms with Gasteiger partial charge in [0.05, 0.1) is 6.54 Å². The Balaban J connectivity index is 2.71. The maximum Gasteiger partial charge on any atom is 0.191 e. The van der Waals surface area contributed by atoms with Gasteiger partial charge in [-0.05, 0) is 32.2 Å². The van der Waals surface area contributed by atoms with E-state index >= 15 is 0 Å². The van der Waals surface area contributed by atoms with Gasteiger partial charge in [-0.15, -0.1) is 11.3 Å². The molecule has 0 aromatic carbocycles. The zero-order valence-electron chi connectivity index (χ0n) is 9.60. The third-order valence-corrected chi connectivity index (χ3v) is 3.01. The Kier molecular flexibility index (Phi) is 4.62. The van der Waals surface area contributed by atoms with Crippen LogP contribution in [-0.2, 0) is 6.54 Å². The van der Waals surface area contributed by atoms with E-state index in [1.807, 2.05) is 6.92 Å². The van der Waals surface area contributed by atoms with Gasteiger partial charge < -0.3 is 10.6 Å². The molecule has 0 saturated carbocycles. The van der Waals surface area contributed by atoms with Gasteiger partial charge in [-0.1, -0.05) is 6.07 Å². The average Bonchev–Trinajstić information content (AvgIpc) is 2.66. The Hall–Kier alpha value is -1.03. The van der Waals surface area contributed by atoms with E-state index in [-0.39, 0.29) is 0 Å². The lowest BCUT2D eigenvalue weighted by molar-refractivity contribution is 0.340. The van der Waals surface area contributed by atoms with Gasteiger partial charge in [0.1, 0.15) is 0 Å². The number of hydrogen-bond acceptors (Lipinski definition) is 2. The van der Waals surface area contributed by atoms with Gasteiger partial charge >= 0.3 is 0 Å². The van der Waals surface area contributed by atoms with E-state index in [4.69, 9.17) is 5.73 Å². The first-order valence-electron chi connectivity index (χ1n) is 5.24. The van der Waals surface area contributed by atoms with Crippen LogP contribution in [0.3, 0.4) is 0 Å². The quantitative estimate of drug-likeness (QED) is 0.631. The molecule has 4 heteroatoms. The molecule has 84 valence electrons. The van der Waals surface area contributed by atoms with E-state index in [2.05, 4.69) is 41.3 Å². The van der Waals surface area contributed by atoms with Crippen LogP contribution < -0.4 is 5.73 Å².